The Morgan fingerprint density at radius 2 is 2.06 bits per heavy atom. The van der Waals surface area contributed by atoms with Gasteiger partial charge in [-0.1, -0.05) is 6.92 Å². The van der Waals surface area contributed by atoms with Crippen molar-refractivity contribution >= 4 is 5.97 Å². The molecule has 5 heteroatoms. The van der Waals surface area contributed by atoms with Crippen molar-refractivity contribution in [3.8, 4) is 0 Å². The highest BCUT2D eigenvalue weighted by atomic mass is 16.5. The number of aliphatic hydroxyl groups is 1. The summed E-state index contributed by atoms with van der Waals surface area (Å²) in [6.45, 7) is 5.00. The third kappa shape index (κ3) is 4.55. The van der Waals surface area contributed by atoms with Crippen LogP contribution in [0.4, 0.5) is 0 Å². The lowest BCUT2D eigenvalue weighted by Gasteiger charge is -2.30. The van der Waals surface area contributed by atoms with Crippen LogP contribution < -0.4 is 0 Å². The molecule has 0 amide bonds. The van der Waals surface area contributed by atoms with Crippen molar-refractivity contribution < 1.29 is 19.7 Å². The zero-order valence-electron chi connectivity index (χ0n) is 11.2. The van der Waals surface area contributed by atoms with Crippen molar-refractivity contribution in [1.82, 2.24) is 4.90 Å². The number of ether oxygens (including phenoxy) is 1. The third-order valence-electron chi connectivity index (χ3n) is 3.45. The Morgan fingerprint density at radius 3 is 2.67 bits per heavy atom. The Bertz CT molecular complexity index is 247. The number of aliphatic carboxylic acids is 1. The Morgan fingerprint density at radius 1 is 1.28 bits per heavy atom. The lowest BCUT2D eigenvalue weighted by atomic mass is 10.0. The van der Waals surface area contributed by atoms with Gasteiger partial charge in [0, 0.05) is 12.6 Å². The first-order valence-electron chi connectivity index (χ1n) is 6.86. The van der Waals surface area contributed by atoms with Crippen LogP contribution in [0, 0.1) is 5.92 Å². The van der Waals surface area contributed by atoms with Gasteiger partial charge < -0.3 is 14.9 Å². The summed E-state index contributed by atoms with van der Waals surface area (Å²) in [5.74, 6) is -1.15. The molecule has 1 aliphatic heterocycles. The lowest BCUT2D eigenvalue weighted by molar-refractivity contribution is -0.143. The van der Waals surface area contributed by atoms with Gasteiger partial charge in [0.05, 0.1) is 19.1 Å². The molecule has 0 aromatic rings. The molecular formula is C13H25NO4. The molecule has 18 heavy (non-hydrogen) atoms. The van der Waals surface area contributed by atoms with Crippen LogP contribution in [0.2, 0.25) is 0 Å². The van der Waals surface area contributed by atoms with Crippen LogP contribution in [0.25, 0.3) is 0 Å². The summed E-state index contributed by atoms with van der Waals surface area (Å²) in [5, 5.41) is 17.9. The molecule has 0 aromatic heterocycles. The zero-order chi connectivity index (χ0) is 13.4. The fourth-order valence-corrected chi connectivity index (χ4v) is 2.47. The number of aliphatic hydroxyl groups excluding tert-OH is 1. The van der Waals surface area contributed by atoms with Gasteiger partial charge in [-0.15, -0.1) is 0 Å². The predicted octanol–water partition coefficient (Wildman–Crippen LogP) is 0.961. The number of unbranched alkanes of at least 4 members (excludes halogenated alkanes) is 2. The van der Waals surface area contributed by atoms with E-state index in [0.29, 0.717) is 13.2 Å². The molecule has 0 saturated carbocycles. The van der Waals surface area contributed by atoms with Crippen molar-refractivity contribution in [3.05, 3.63) is 0 Å². The average Bonchev–Trinajstić information content (AvgIpc) is 2.82. The van der Waals surface area contributed by atoms with Crippen LogP contribution in [0.5, 0.6) is 0 Å². The number of carboxylic acid groups (broad SMARTS) is 1. The largest absolute Gasteiger partial charge is 0.481 e. The summed E-state index contributed by atoms with van der Waals surface area (Å²) >= 11 is 0. The number of rotatable bonds is 9. The maximum absolute atomic E-state index is 11.2. The molecule has 1 aliphatic rings. The van der Waals surface area contributed by atoms with Gasteiger partial charge in [0.15, 0.2) is 0 Å². The third-order valence-corrected chi connectivity index (χ3v) is 3.45. The molecule has 0 aliphatic carbocycles. The molecular weight excluding hydrogens is 234 g/mol. The van der Waals surface area contributed by atoms with Gasteiger partial charge in [0.25, 0.3) is 0 Å². The first-order chi connectivity index (χ1) is 8.70. The Labute approximate surface area is 109 Å². The smallest absolute Gasteiger partial charge is 0.310 e. The molecule has 0 bridgehead atoms. The van der Waals surface area contributed by atoms with E-state index in [9.17, 15) is 9.90 Å². The summed E-state index contributed by atoms with van der Waals surface area (Å²) < 4.78 is 5.32. The molecule has 0 aromatic carbocycles. The van der Waals surface area contributed by atoms with Crippen LogP contribution in [-0.2, 0) is 9.53 Å². The summed E-state index contributed by atoms with van der Waals surface area (Å²) in [7, 11) is 0. The molecule has 1 rings (SSSR count). The number of hydrogen-bond donors (Lipinski definition) is 2. The summed E-state index contributed by atoms with van der Waals surface area (Å²) in [6.07, 6.45) is 3.83. The molecule has 106 valence electrons. The molecule has 5 nitrogen and oxygen atoms in total. The van der Waals surface area contributed by atoms with Crippen molar-refractivity contribution in [3.63, 3.8) is 0 Å². The standard InChI is InChI=1S/C13H25NO4/c1-2-6-14(7-4-3-5-8-15)12-10-18-9-11(12)13(16)17/h11-12,15H,2-10H2,1H3,(H,16,17). The molecule has 1 saturated heterocycles. The van der Waals surface area contributed by atoms with Gasteiger partial charge in [-0.05, 0) is 38.8 Å². The Kier molecular flexibility index (Phi) is 7.23. The van der Waals surface area contributed by atoms with E-state index >= 15 is 0 Å². The molecule has 2 atom stereocenters. The second-order valence-electron chi connectivity index (χ2n) is 4.87. The van der Waals surface area contributed by atoms with Crippen molar-refractivity contribution in [2.75, 3.05) is 32.9 Å². The van der Waals surface area contributed by atoms with Crippen LogP contribution in [0.1, 0.15) is 32.6 Å². The summed E-state index contributed by atoms with van der Waals surface area (Å²) in [5.41, 5.74) is 0. The number of carbonyl (C=O) groups is 1. The number of carboxylic acids is 1. The van der Waals surface area contributed by atoms with Crippen molar-refractivity contribution in [2.24, 2.45) is 5.92 Å². The van der Waals surface area contributed by atoms with E-state index in [1.54, 1.807) is 0 Å². The second-order valence-corrected chi connectivity index (χ2v) is 4.87. The highest BCUT2D eigenvalue weighted by Crippen LogP contribution is 2.21. The van der Waals surface area contributed by atoms with E-state index in [1.807, 2.05) is 0 Å². The van der Waals surface area contributed by atoms with Gasteiger partial charge >= 0.3 is 5.97 Å². The van der Waals surface area contributed by atoms with Crippen molar-refractivity contribution in [1.29, 1.82) is 0 Å². The minimum atomic E-state index is -0.756. The Hall–Kier alpha value is -0.650. The maximum Gasteiger partial charge on any atom is 0.310 e. The fourth-order valence-electron chi connectivity index (χ4n) is 2.47. The van der Waals surface area contributed by atoms with Crippen LogP contribution in [0.3, 0.4) is 0 Å². The van der Waals surface area contributed by atoms with Crippen LogP contribution in [0.15, 0.2) is 0 Å². The molecule has 0 radical (unpaired) electrons. The van der Waals surface area contributed by atoms with Gasteiger partial charge in [-0.3, -0.25) is 9.69 Å². The van der Waals surface area contributed by atoms with Crippen LogP contribution >= 0.6 is 0 Å². The molecule has 1 fully saturated rings. The lowest BCUT2D eigenvalue weighted by Crippen LogP contribution is -2.44. The molecule has 0 spiro atoms. The number of hydrogen-bond acceptors (Lipinski definition) is 4. The van der Waals surface area contributed by atoms with Crippen LogP contribution in [-0.4, -0.2) is 60.0 Å². The quantitative estimate of drug-likeness (QED) is 0.604. The van der Waals surface area contributed by atoms with Crippen molar-refractivity contribution in [2.45, 2.75) is 38.6 Å². The van der Waals surface area contributed by atoms with E-state index in [1.165, 1.54) is 0 Å². The topological polar surface area (TPSA) is 70.0 Å². The zero-order valence-corrected chi connectivity index (χ0v) is 11.2. The molecule has 1 heterocycles. The van der Waals surface area contributed by atoms with E-state index in [4.69, 9.17) is 9.84 Å². The predicted molar refractivity (Wildman–Crippen MR) is 68.5 cm³/mol. The minimum absolute atomic E-state index is 0.0107. The van der Waals surface area contributed by atoms with E-state index in [2.05, 4.69) is 11.8 Å². The minimum Gasteiger partial charge on any atom is -0.481 e. The highest BCUT2D eigenvalue weighted by molar-refractivity contribution is 5.71. The monoisotopic (exact) mass is 259 g/mol. The second kappa shape index (κ2) is 8.45. The first kappa shape index (κ1) is 15.4. The average molecular weight is 259 g/mol. The van der Waals surface area contributed by atoms with Gasteiger partial charge in [0.2, 0.25) is 0 Å². The normalized spacial score (nSPS) is 23.7. The molecule has 2 unspecified atom stereocenters. The number of nitrogens with zero attached hydrogens (tertiary/aromatic N) is 1. The molecule has 2 N–H and O–H groups in total. The Balaban J connectivity index is 2.46. The summed E-state index contributed by atoms with van der Waals surface area (Å²) in [6, 6.07) is 0.0107. The van der Waals surface area contributed by atoms with Gasteiger partial charge in [0.1, 0.15) is 0 Å². The SMILES string of the molecule is CCCN(CCCCCO)C1COCC1C(=O)O. The van der Waals surface area contributed by atoms with E-state index in [-0.39, 0.29) is 12.6 Å². The maximum atomic E-state index is 11.2. The van der Waals surface area contributed by atoms with Gasteiger partial charge in [-0.25, -0.2) is 0 Å². The summed E-state index contributed by atoms with van der Waals surface area (Å²) in [4.78, 5) is 13.4. The van der Waals surface area contributed by atoms with E-state index < -0.39 is 11.9 Å². The fraction of sp³-hybridized carbons (Fsp3) is 0.923. The first-order valence-corrected chi connectivity index (χ1v) is 6.86. The van der Waals surface area contributed by atoms with Gasteiger partial charge in [-0.2, -0.15) is 0 Å². The highest BCUT2D eigenvalue weighted by Gasteiger charge is 2.37. The van der Waals surface area contributed by atoms with E-state index in [0.717, 1.165) is 38.8 Å².